The highest BCUT2D eigenvalue weighted by Gasteiger charge is 2.29. The number of hydrogen-bond donors (Lipinski definition) is 0. The zero-order valence-electron chi connectivity index (χ0n) is 10.2. The SMILES string of the molecule is C[C@@H]1CCC[C@H](C)N1C(=O)c1ccc(Br)nc1. The van der Waals surface area contributed by atoms with E-state index in [9.17, 15) is 4.79 Å². The van der Waals surface area contributed by atoms with Gasteiger partial charge in [-0.05, 0) is 61.2 Å². The second-order valence-electron chi connectivity index (χ2n) is 4.71. The zero-order chi connectivity index (χ0) is 12.4. The first-order valence-electron chi connectivity index (χ1n) is 6.04. The quantitative estimate of drug-likeness (QED) is 0.746. The number of carbonyl (C=O) groups excluding carboxylic acids is 1. The van der Waals surface area contributed by atoms with Gasteiger partial charge in [0.2, 0.25) is 0 Å². The van der Waals surface area contributed by atoms with Crippen LogP contribution in [0.4, 0.5) is 0 Å². The molecule has 1 aromatic heterocycles. The summed E-state index contributed by atoms with van der Waals surface area (Å²) in [6, 6.07) is 4.30. The highest BCUT2D eigenvalue weighted by molar-refractivity contribution is 9.10. The Kier molecular flexibility index (Phi) is 3.82. The van der Waals surface area contributed by atoms with Gasteiger partial charge in [-0.3, -0.25) is 4.79 Å². The lowest BCUT2D eigenvalue weighted by atomic mass is 9.96. The minimum absolute atomic E-state index is 0.102. The summed E-state index contributed by atoms with van der Waals surface area (Å²) in [6.07, 6.45) is 5.05. The molecule has 0 unspecified atom stereocenters. The largest absolute Gasteiger partial charge is 0.333 e. The molecule has 1 aliphatic heterocycles. The predicted octanol–water partition coefficient (Wildman–Crippen LogP) is 3.25. The Hall–Kier alpha value is -0.900. The number of likely N-dealkylation sites (tertiary alicyclic amines) is 1. The smallest absolute Gasteiger partial charge is 0.255 e. The molecule has 1 saturated heterocycles. The molecule has 2 rings (SSSR count). The van der Waals surface area contributed by atoms with Gasteiger partial charge in [0, 0.05) is 18.3 Å². The van der Waals surface area contributed by atoms with Crippen molar-refractivity contribution in [1.82, 2.24) is 9.88 Å². The summed E-state index contributed by atoms with van der Waals surface area (Å²) in [5.74, 6) is 0.102. The highest BCUT2D eigenvalue weighted by Crippen LogP contribution is 2.24. The van der Waals surface area contributed by atoms with Crippen molar-refractivity contribution in [2.24, 2.45) is 0 Å². The third kappa shape index (κ3) is 2.68. The lowest BCUT2D eigenvalue weighted by Gasteiger charge is -2.39. The molecule has 1 aliphatic rings. The van der Waals surface area contributed by atoms with Crippen LogP contribution in [0.3, 0.4) is 0 Å². The van der Waals surface area contributed by atoms with Crippen LogP contribution in [-0.2, 0) is 0 Å². The third-order valence-corrected chi connectivity index (χ3v) is 3.87. The molecule has 1 fully saturated rings. The molecule has 4 heteroatoms. The minimum atomic E-state index is 0.102. The van der Waals surface area contributed by atoms with E-state index in [-0.39, 0.29) is 5.91 Å². The van der Waals surface area contributed by atoms with Gasteiger partial charge in [-0.1, -0.05) is 0 Å². The molecule has 0 spiro atoms. The molecular formula is C13H17BrN2O. The van der Waals surface area contributed by atoms with E-state index in [4.69, 9.17) is 0 Å². The van der Waals surface area contributed by atoms with Gasteiger partial charge in [-0.25, -0.2) is 4.98 Å². The average Bonchev–Trinajstić information content (AvgIpc) is 2.29. The van der Waals surface area contributed by atoms with E-state index in [0.29, 0.717) is 17.6 Å². The van der Waals surface area contributed by atoms with Crippen LogP contribution in [0.2, 0.25) is 0 Å². The number of amides is 1. The first-order valence-corrected chi connectivity index (χ1v) is 6.83. The third-order valence-electron chi connectivity index (χ3n) is 3.40. The second kappa shape index (κ2) is 5.17. The summed E-state index contributed by atoms with van der Waals surface area (Å²) >= 11 is 3.28. The molecule has 0 radical (unpaired) electrons. The molecule has 0 saturated carbocycles. The molecule has 0 aliphatic carbocycles. The first-order chi connectivity index (χ1) is 8.09. The molecule has 17 heavy (non-hydrogen) atoms. The van der Waals surface area contributed by atoms with Gasteiger partial charge in [-0.15, -0.1) is 0 Å². The van der Waals surface area contributed by atoms with Gasteiger partial charge in [0.25, 0.3) is 5.91 Å². The lowest BCUT2D eigenvalue weighted by Crippen LogP contribution is -2.47. The topological polar surface area (TPSA) is 33.2 Å². The van der Waals surface area contributed by atoms with Crippen LogP contribution in [0.25, 0.3) is 0 Å². The van der Waals surface area contributed by atoms with Crippen molar-refractivity contribution >= 4 is 21.8 Å². The predicted molar refractivity (Wildman–Crippen MR) is 70.9 cm³/mol. The van der Waals surface area contributed by atoms with E-state index in [1.807, 2.05) is 17.0 Å². The number of aromatic nitrogens is 1. The standard InChI is InChI=1S/C13H17BrN2O/c1-9-4-3-5-10(2)16(9)13(17)11-6-7-12(14)15-8-11/h6-10H,3-5H2,1-2H3/t9-,10+. The van der Waals surface area contributed by atoms with Crippen LogP contribution >= 0.6 is 15.9 Å². The zero-order valence-corrected chi connectivity index (χ0v) is 11.8. The highest BCUT2D eigenvalue weighted by atomic mass is 79.9. The maximum Gasteiger partial charge on any atom is 0.255 e. The fraction of sp³-hybridized carbons (Fsp3) is 0.538. The molecular weight excluding hydrogens is 280 g/mol. The number of halogens is 1. The molecule has 2 heterocycles. The molecule has 0 aromatic carbocycles. The van der Waals surface area contributed by atoms with Crippen molar-refractivity contribution < 1.29 is 4.79 Å². The van der Waals surface area contributed by atoms with E-state index in [0.717, 1.165) is 17.4 Å². The Morgan fingerprint density at radius 3 is 2.53 bits per heavy atom. The number of piperidine rings is 1. The second-order valence-corrected chi connectivity index (χ2v) is 5.52. The van der Waals surface area contributed by atoms with E-state index >= 15 is 0 Å². The molecule has 92 valence electrons. The number of nitrogens with zero attached hydrogens (tertiary/aromatic N) is 2. The molecule has 0 N–H and O–H groups in total. The van der Waals surface area contributed by atoms with Gasteiger partial charge in [0.05, 0.1) is 5.56 Å². The molecule has 0 bridgehead atoms. The van der Waals surface area contributed by atoms with E-state index in [1.54, 1.807) is 6.20 Å². The summed E-state index contributed by atoms with van der Waals surface area (Å²) in [4.78, 5) is 18.5. The Balaban J connectivity index is 2.20. The number of carbonyl (C=O) groups is 1. The van der Waals surface area contributed by atoms with Crippen molar-refractivity contribution in [1.29, 1.82) is 0 Å². The van der Waals surface area contributed by atoms with Crippen LogP contribution in [0, 0.1) is 0 Å². The summed E-state index contributed by atoms with van der Waals surface area (Å²) in [6.45, 7) is 4.25. The summed E-state index contributed by atoms with van der Waals surface area (Å²) in [5.41, 5.74) is 0.675. The Morgan fingerprint density at radius 2 is 2.00 bits per heavy atom. The van der Waals surface area contributed by atoms with Gasteiger partial charge in [0.1, 0.15) is 4.60 Å². The van der Waals surface area contributed by atoms with Crippen LogP contribution < -0.4 is 0 Å². The van der Waals surface area contributed by atoms with Gasteiger partial charge in [0.15, 0.2) is 0 Å². The van der Waals surface area contributed by atoms with Crippen molar-refractivity contribution in [3.8, 4) is 0 Å². The molecule has 3 nitrogen and oxygen atoms in total. The number of pyridine rings is 1. The molecule has 1 amide bonds. The number of rotatable bonds is 1. The van der Waals surface area contributed by atoms with Gasteiger partial charge in [-0.2, -0.15) is 0 Å². The summed E-state index contributed by atoms with van der Waals surface area (Å²) < 4.78 is 0.758. The maximum absolute atomic E-state index is 12.4. The van der Waals surface area contributed by atoms with Crippen LogP contribution in [-0.4, -0.2) is 27.9 Å². The van der Waals surface area contributed by atoms with Crippen molar-refractivity contribution in [2.75, 3.05) is 0 Å². The first kappa shape index (κ1) is 12.6. The fourth-order valence-electron chi connectivity index (χ4n) is 2.47. The minimum Gasteiger partial charge on any atom is -0.333 e. The van der Waals surface area contributed by atoms with E-state index in [2.05, 4.69) is 34.8 Å². The fourth-order valence-corrected chi connectivity index (χ4v) is 2.71. The average molecular weight is 297 g/mol. The van der Waals surface area contributed by atoms with Crippen molar-refractivity contribution in [2.45, 2.75) is 45.2 Å². The number of hydrogen-bond acceptors (Lipinski definition) is 2. The summed E-state index contributed by atoms with van der Waals surface area (Å²) in [5, 5.41) is 0. The van der Waals surface area contributed by atoms with Crippen LogP contribution in [0.5, 0.6) is 0 Å². The van der Waals surface area contributed by atoms with Gasteiger partial charge < -0.3 is 4.90 Å². The van der Waals surface area contributed by atoms with Crippen molar-refractivity contribution in [3.05, 3.63) is 28.5 Å². The summed E-state index contributed by atoms with van der Waals surface area (Å²) in [7, 11) is 0. The van der Waals surface area contributed by atoms with Crippen LogP contribution in [0.1, 0.15) is 43.5 Å². The van der Waals surface area contributed by atoms with E-state index < -0.39 is 0 Å². The maximum atomic E-state index is 12.4. The molecule has 1 aromatic rings. The Morgan fingerprint density at radius 1 is 1.35 bits per heavy atom. The lowest BCUT2D eigenvalue weighted by molar-refractivity contribution is 0.0510. The van der Waals surface area contributed by atoms with Crippen molar-refractivity contribution in [3.63, 3.8) is 0 Å². The van der Waals surface area contributed by atoms with Gasteiger partial charge >= 0.3 is 0 Å². The van der Waals surface area contributed by atoms with Crippen LogP contribution in [0.15, 0.2) is 22.9 Å². The molecule has 2 atom stereocenters. The Bertz CT molecular complexity index is 394. The monoisotopic (exact) mass is 296 g/mol. The normalized spacial score (nSPS) is 24.8. The van der Waals surface area contributed by atoms with E-state index in [1.165, 1.54) is 6.42 Å². The Labute approximate surface area is 110 Å².